The van der Waals surface area contributed by atoms with Gasteiger partial charge in [-0.25, -0.2) is 4.57 Å². The van der Waals surface area contributed by atoms with E-state index in [1.807, 2.05) is 33.3 Å². The van der Waals surface area contributed by atoms with Gasteiger partial charge in [0, 0.05) is 19.3 Å². The van der Waals surface area contributed by atoms with Crippen LogP contribution in [-0.4, -0.2) is 80.7 Å². The lowest BCUT2D eigenvalue weighted by Gasteiger charge is -2.24. The second kappa shape index (κ2) is 36.3. The maximum absolute atomic E-state index is 12.7. The molecule has 0 saturated heterocycles. The van der Waals surface area contributed by atoms with Gasteiger partial charge in [0.25, 0.3) is 0 Å². The second-order valence-electron chi connectivity index (χ2n) is 15.8. The van der Waals surface area contributed by atoms with Crippen LogP contribution < -0.4 is 0 Å². The molecule has 0 saturated carbocycles. The lowest BCUT2D eigenvalue weighted by molar-refractivity contribution is -0.870. The van der Waals surface area contributed by atoms with Gasteiger partial charge in [0.05, 0.1) is 27.7 Å². The number of rotatable bonds is 39. The van der Waals surface area contributed by atoms with Crippen molar-refractivity contribution >= 4 is 25.5 Å². The first-order valence-corrected chi connectivity index (χ1v) is 23.2. The zero-order chi connectivity index (χ0) is 40.9. The highest BCUT2D eigenvalue weighted by molar-refractivity contribution is 7.47. The molecule has 0 aliphatic carbocycles. The Balaban J connectivity index is 4.46. The number of hydrogen-bond donors (Lipinski definition) is 1. The maximum Gasteiger partial charge on any atom is 0.472 e. The summed E-state index contributed by atoms with van der Waals surface area (Å²) in [7, 11) is 1.40. The predicted molar refractivity (Wildman–Crippen MR) is 225 cm³/mol. The average molecular weight is 799 g/mol. The number of unbranched alkanes of at least 4 members (excludes halogenated alkanes) is 18. The number of quaternary nitrogens is 1. The van der Waals surface area contributed by atoms with E-state index in [4.69, 9.17) is 18.5 Å². The number of carbonyl (C=O) groups is 3. The molecule has 11 heteroatoms. The summed E-state index contributed by atoms with van der Waals surface area (Å²) in [6.45, 7) is 4.21. The van der Waals surface area contributed by atoms with Crippen LogP contribution in [0.15, 0.2) is 36.5 Å². The van der Waals surface area contributed by atoms with Crippen LogP contribution in [0, 0.1) is 0 Å². The van der Waals surface area contributed by atoms with E-state index in [9.17, 15) is 23.8 Å². The van der Waals surface area contributed by atoms with Gasteiger partial charge in [-0.1, -0.05) is 128 Å². The molecule has 55 heavy (non-hydrogen) atoms. The van der Waals surface area contributed by atoms with Crippen molar-refractivity contribution in [2.75, 3.05) is 47.5 Å². The Morgan fingerprint density at radius 2 is 1.09 bits per heavy atom. The van der Waals surface area contributed by atoms with Crippen molar-refractivity contribution in [3.8, 4) is 0 Å². The van der Waals surface area contributed by atoms with Crippen LogP contribution in [0.5, 0.6) is 0 Å². The first-order valence-electron chi connectivity index (χ1n) is 21.7. The number of likely N-dealkylation sites (N-methyl/N-ethyl adjacent to an activating group) is 1. The Kier molecular flexibility index (Phi) is 34.9. The van der Waals surface area contributed by atoms with Crippen molar-refractivity contribution in [1.82, 2.24) is 0 Å². The average Bonchev–Trinajstić information content (AvgIpc) is 3.12. The monoisotopic (exact) mass is 799 g/mol. The van der Waals surface area contributed by atoms with Gasteiger partial charge >= 0.3 is 19.8 Å². The summed E-state index contributed by atoms with van der Waals surface area (Å²) in [6.07, 6.45) is 35.8. The van der Waals surface area contributed by atoms with Gasteiger partial charge in [-0.05, 0) is 63.9 Å². The molecule has 0 bridgehead atoms. The van der Waals surface area contributed by atoms with E-state index in [1.54, 1.807) is 6.08 Å². The maximum atomic E-state index is 12.7. The molecule has 2 atom stereocenters. The summed E-state index contributed by atoms with van der Waals surface area (Å²) in [5, 5.41) is 0. The Morgan fingerprint density at radius 3 is 1.69 bits per heavy atom. The van der Waals surface area contributed by atoms with Crippen LogP contribution in [0.4, 0.5) is 0 Å². The first-order chi connectivity index (χ1) is 26.4. The minimum Gasteiger partial charge on any atom is -0.462 e. The van der Waals surface area contributed by atoms with E-state index >= 15 is 0 Å². The molecule has 0 heterocycles. The number of phosphoric ester groups is 1. The molecule has 0 radical (unpaired) electrons. The summed E-state index contributed by atoms with van der Waals surface area (Å²) in [5.41, 5.74) is 0. The van der Waals surface area contributed by atoms with Crippen molar-refractivity contribution in [3.05, 3.63) is 36.5 Å². The molecule has 0 spiro atoms. The summed E-state index contributed by atoms with van der Waals surface area (Å²) < 4.78 is 34.2. The number of ketones is 1. The van der Waals surface area contributed by atoms with E-state index in [0.29, 0.717) is 30.3 Å². The molecular weight excluding hydrogens is 717 g/mol. The zero-order valence-corrected chi connectivity index (χ0v) is 36.5. The zero-order valence-electron chi connectivity index (χ0n) is 35.7. The number of hydrogen-bond acceptors (Lipinski definition) is 8. The number of ether oxygens (including phenoxy) is 2. The van der Waals surface area contributed by atoms with Crippen molar-refractivity contribution in [3.63, 3.8) is 0 Å². The Hall–Kier alpha value is -2.10. The molecule has 0 amide bonds. The Labute approximate surface area is 336 Å². The normalized spacial score (nSPS) is 13.9. The molecule has 0 aliphatic heterocycles. The highest BCUT2D eigenvalue weighted by atomic mass is 31.2. The van der Waals surface area contributed by atoms with Crippen LogP contribution in [0.3, 0.4) is 0 Å². The molecule has 320 valence electrons. The third kappa shape index (κ3) is 39.9. The summed E-state index contributed by atoms with van der Waals surface area (Å²) in [4.78, 5) is 47.4. The number of carbonyl (C=O) groups excluding carboxylic acids is 3. The van der Waals surface area contributed by atoms with E-state index in [0.717, 1.165) is 57.8 Å². The first kappa shape index (κ1) is 52.9. The van der Waals surface area contributed by atoms with Gasteiger partial charge in [0.1, 0.15) is 19.8 Å². The number of phosphoric acid groups is 1. The topological polar surface area (TPSA) is 125 Å². The van der Waals surface area contributed by atoms with Crippen LogP contribution in [0.2, 0.25) is 0 Å². The third-order valence-electron chi connectivity index (χ3n) is 9.12. The van der Waals surface area contributed by atoms with Gasteiger partial charge in [-0.2, -0.15) is 0 Å². The van der Waals surface area contributed by atoms with Crippen LogP contribution >= 0.6 is 7.82 Å². The quantitative estimate of drug-likeness (QED) is 0.0123. The van der Waals surface area contributed by atoms with Gasteiger partial charge in [0.2, 0.25) is 0 Å². The summed E-state index contributed by atoms with van der Waals surface area (Å²) in [5.74, 6) is -0.776. The van der Waals surface area contributed by atoms with Crippen molar-refractivity contribution in [2.45, 2.75) is 180 Å². The molecule has 10 nitrogen and oxygen atoms in total. The lowest BCUT2D eigenvalue weighted by Crippen LogP contribution is -2.37. The van der Waals surface area contributed by atoms with Crippen LogP contribution in [-0.2, 0) is 37.5 Å². The molecule has 0 aliphatic rings. The van der Waals surface area contributed by atoms with Crippen LogP contribution in [0.25, 0.3) is 0 Å². The Morgan fingerprint density at radius 1 is 0.600 bits per heavy atom. The molecule has 0 aromatic rings. The number of allylic oxidation sites excluding steroid dienone is 6. The summed E-state index contributed by atoms with van der Waals surface area (Å²) >= 11 is 0. The minimum atomic E-state index is -4.40. The van der Waals surface area contributed by atoms with Gasteiger partial charge in [0.15, 0.2) is 11.9 Å². The standard InChI is InChI=1S/C44H80NO9P/c1-6-8-10-12-14-15-16-17-18-19-20-21-23-27-31-35-43(47)51-39-42(40-53-55(49,50)52-38-37-45(3,4)5)54-44(48)36-32-28-24-26-30-34-41(46)33-29-25-22-13-11-9-7-2/h15-16,22,25,29,33,42H,6-14,17-21,23-24,26-28,30-32,34-40H2,1-5H3/p+1/b16-15-,25-22-,33-29+/t42-/m1/s1. The fourth-order valence-corrected chi connectivity index (χ4v) is 6.38. The van der Waals surface area contributed by atoms with Gasteiger partial charge < -0.3 is 18.9 Å². The Bertz CT molecular complexity index is 1100. The molecule has 1 unspecified atom stereocenters. The van der Waals surface area contributed by atoms with Gasteiger partial charge in [-0.15, -0.1) is 0 Å². The number of nitrogens with zero attached hydrogens (tertiary/aromatic N) is 1. The molecular formula is C44H81NO9P+. The highest BCUT2D eigenvalue weighted by Gasteiger charge is 2.27. The molecule has 1 N–H and O–H groups in total. The van der Waals surface area contributed by atoms with Crippen molar-refractivity contribution in [2.24, 2.45) is 0 Å². The predicted octanol–water partition coefficient (Wildman–Crippen LogP) is 11.3. The molecule has 0 rings (SSSR count). The molecule has 0 aromatic heterocycles. The van der Waals surface area contributed by atoms with Crippen LogP contribution in [0.1, 0.15) is 174 Å². The summed E-state index contributed by atoms with van der Waals surface area (Å²) in [6, 6.07) is 0. The van der Waals surface area contributed by atoms with E-state index in [1.165, 1.54) is 70.6 Å². The van der Waals surface area contributed by atoms with Crippen molar-refractivity contribution < 1.29 is 46.8 Å². The highest BCUT2D eigenvalue weighted by Crippen LogP contribution is 2.43. The molecule has 0 aromatic carbocycles. The minimum absolute atomic E-state index is 0.00865. The fraction of sp³-hybridized carbons (Fsp3) is 0.795. The van der Waals surface area contributed by atoms with Crippen molar-refractivity contribution in [1.29, 1.82) is 0 Å². The van der Waals surface area contributed by atoms with Gasteiger partial charge in [-0.3, -0.25) is 23.4 Å². The fourth-order valence-electron chi connectivity index (χ4n) is 5.64. The van der Waals surface area contributed by atoms with E-state index in [2.05, 4.69) is 32.1 Å². The van der Waals surface area contributed by atoms with E-state index < -0.39 is 32.5 Å². The van der Waals surface area contributed by atoms with E-state index in [-0.39, 0.29) is 31.8 Å². The second-order valence-corrected chi connectivity index (χ2v) is 17.2. The lowest BCUT2D eigenvalue weighted by atomic mass is 10.1. The third-order valence-corrected chi connectivity index (χ3v) is 10.1. The smallest absolute Gasteiger partial charge is 0.462 e. The molecule has 0 fully saturated rings. The SMILES string of the molecule is CCCCC/C=C\C=C\C(=O)CCCCCCCC(=O)O[C@H](COC(=O)CCCCCCCCC/C=C\CCCCCC)COP(=O)(O)OCC[N+](C)(C)C. The largest absolute Gasteiger partial charge is 0.472 e. The number of esters is 2.